The van der Waals surface area contributed by atoms with Crippen LogP contribution in [0.3, 0.4) is 0 Å². The maximum absolute atomic E-state index is 6.16. The number of halogens is 1. The maximum Gasteiger partial charge on any atom is 0.191 e. The van der Waals surface area contributed by atoms with Crippen LogP contribution in [0.1, 0.15) is 39.2 Å². The molecule has 4 heteroatoms. The topological polar surface area (TPSA) is 41.6 Å². The first-order chi connectivity index (χ1) is 9.49. The predicted molar refractivity (Wildman–Crippen MR) is 101 cm³/mol. The average Bonchev–Trinajstić information content (AvgIpc) is 2.46. The first-order valence-electron chi connectivity index (χ1n) is 7.59. The molecular weight excluding hydrogens is 373 g/mol. The number of benzene rings is 1. The molecule has 0 unspecified atom stereocenters. The maximum atomic E-state index is 6.16. The second kappa shape index (κ2) is 8.01. The zero-order chi connectivity index (χ0) is 14.6. The molecule has 0 spiro atoms. The highest BCUT2D eigenvalue weighted by atomic mass is 127. The van der Waals surface area contributed by atoms with Crippen LogP contribution in [0, 0.1) is 5.92 Å². The molecule has 1 aliphatic rings. The highest BCUT2D eigenvalue weighted by molar-refractivity contribution is 14.0. The minimum atomic E-state index is 0. The lowest BCUT2D eigenvalue weighted by Crippen LogP contribution is -2.43. The van der Waals surface area contributed by atoms with E-state index in [4.69, 9.17) is 5.73 Å². The van der Waals surface area contributed by atoms with Gasteiger partial charge in [0.2, 0.25) is 0 Å². The van der Waals surface area contributed by atoms with Crippen molar-refractivity contribution in [2.75, 3.05) is 19.6 Å². The summed E-state index contributed by atoms with van der Waals surface area (Å²) in [5.41, 5.74) is 7.49. The summed E-state index contributed by atoms with van der Waals surface area (Å²) in [6.07, 6.45) is 2.44. The highest BCUT2D eigenvalue weighted by Gasteiger charge is 2.21. The first-order valence-corrected chi connectivity index (χ1v) is 7.59. The van der Waals surface area contributed by atoms with Gasteiger partial charge in [-0.1, -0.05) is 51.1 Å². The predicted octanol–water partition coefficient (Wildman–Crippen LogP) is 3.63. The summed E-state index contributed by atoms with van der Waals surface area (Å²) in [6.45, 7) is 9.57. The number of nitrogens with two attached hydrogens (primary N) is 1. The van der Waals surface area contributed by atoms with Crippen molar-refractivity contribution in [2.24, 2.45) is 16.6 Å². The van der Waals surface area contributed by atoms with Crippen LogP contribution in [0.4, 0.5) is 0 Å². The third-order valence-electron chi connectivity index (χ3n) is 4.30. The van der Waals surface area contributed by atoms with Crippen LogP contribution in [0.5, 0.6) is 0 Å². The smallest absolute Gasteiger partial charge is 0.191 e. The largest absolute Gasteiger partial charge is 0.370 e. The third-order valence-corrected chi connectivity index (χ3v) is 4.30. The number of nitrogens with zero attached hydrogens (tertiary/aromatic N) is 2. The lowest BCUT2D eigenvalue weighted by Gasteiger charge is -2.32. The third kappa shape index (κ3) is 5.16. The summed E-state index contributed by atoms with van der Waals surface area (Å²) >= 11 is 0. The van der Waals surface area contributed by atoms with E-state index in [1.54, 1.807) is 0 Å². The summed E-state index contributed by atoms with van der Waals surface area (Å²) in [6, 6.07) is 10.5. The van der Waals surface area contributed by atoms with Gasteiger partial charge >= 0.3 is 0 Å². The van der Waals surface area contributed by atoms with Crippen molar-refractivity contribution in [2.45, 2.75) is 39.0 Å². The van der Waals surface area contributed by atoms with Gasteiger partial charge in [-0.05, 0) is 24.3 Å². The van der Waals surface area contributed by atoms with Gasteiger partial charge in [0, 0.05) is 18.5 Å². The molecule has 0 amide bonds. The molecule has 118 valence electrons. The molecule has 3 nitrogen and oxygen atoms in total. The monoisotopic (exact) mass is 401 g/mol. The van der Waals surface area contributed by atoms with Crippen LogP contribution in [-0.4, -0.2) is 30.5 Å². The lowest BCUT2D eigenvalue weighted by molar-refractivity contribution is 0.277. The Balaban J connectivity index is 0.00000220. The summed E-state index contributed by atoms with van der Waals surface area (Å²) in [5, 5.41) is 0. The van der Waals surface area contributed by atoms with Crippen molar-refractivity contribution >= 4 is 29.9 Å². The van der Waals surface area contributed by atoms with Gasteiger partial charge in [-0.2, -0.15) is 0 Å². The van der Waals surface area contributed by atoms with Crippen molar-refractivity contribution in [3.63, 3.8) is 0 Å². The van der Waals surface area contributed by atoms with Crippen LogP contribution in [0.15, 0.2) is 35.3 Å². The molecule has 0 saturated carbocycles. The van der Waals surface area contributed by atoms with Gasteiger partial charge in [-0.25, -0.2) is 0 Å². The van der Waals surface area contributed by atoms with Crippen molar-refractivity contribution in [3.8, 4) is 0 Å². The van der Waals surface area contributed by atoms with E-state index in [1.807, 2.05) is 6.07 Å². The molecule has 0 aliphatic carbocycles. The highest BCUT2D eigenvalue weighted by Crippen LogP contribution is 2.23. The van der Waals surface area contributed by atoms with Gasteiger partial charge in [-0.15, -0.1) is 24.0 Å². The van der Waals surface area contributed by atoms with Crippen LogP contribution >= 0.6 is 24.0 Å². The second-order valence-electron chi connectivity index (χ2n) is 6.59. The Morgan fingerprint density at radius 1 is 1.24 bits per heavy atom. The van der Waals surface area contributed by atoms with Gasteiger partial charge < -0.3 is 10.6 Å². The van der Waals surface area contributed by atoms with E-state index in [0.29, 0.717) is 5.96 Å². The van der Waals surface area contributed by atoms with Gasteiger partial charge in [0.05, 0.1) is 6.54 Å². The molecule has 0 bridgehead atoms. The summed E-state index contributed by atoms with van der Waals surface area (Å²) < 4.78 is 0. The van der Waals surface area contributed by atoms with E-state index in [-0.39, 0.29) is 29.4 Å². The Morgan fingerprint density at radius 2 is 1.81 bits per heavy atom. The minimum Gasteiger partial charge on any atom is -0.370 e. The van der Waals surface area contributed by atoms with E-state index < -0.39 is 0 Å². The molecule has 0 atom stereocenters. The number of aliphatic imine (C=N–C) groups is 1. The number of rotatable bonds is 3. The molecule has 0 aromatic heterocycles. The van der Waals surface area contributed by atoms with E-state index in [9.17, 15) is 0 Å². The molecule has 2 rings (SSSR count). The Hall–Kier alpha value is -0.780. The zero-order valence-corrected chi connectivity index (χ0v) is 15.7. The number of likely N-dealkylation sites (tertiary alicyclic amines) is 1. The average molecular weight is 401 g/mol. The minimum absolute atomic E-state index is 0. The molecule has 2 N–H and O–H groups in total. The molecule has 1 saturated heterocycles. The molecule has 1 aromatic carbocycles. The Morgan fingerprint density at radius 3 is 2.38 bits per heavy atom. The number of guanidine groups is 1. The van der Waals surface area contributed by atoms with Crippen molar-refractivity contribution in [1.82, 2.24) is 4.90 Å². The molecule has 0 radical (unpaired) electrons. The van der Waals surface area contributed by atoms with E-state index in [2.05, 4.69) is 54.9 Å². The van der Waals surface area contributed by atoms with Gasteiger partial charge in [0.15, 0.2) is 5.96 Å². The number of piperidine rings is 1. The van der Waals surface area contributed by atoms with Crippen molar-refractivity contribution in [1.29, 1.82) is 0 Å². The number of hydrogen-bond acceptors (Lipinski definition) is 1. The Labute approximate surface area is 146 Å². The fourth-order valence-electron chi connectivity index (χ4n) is 2.60. The molecule has 1 heterocycles. The Bertz CT molecular complexity index is 448. The van der Waals surface area contributed by atoms with Gasteiger partial charge in [0.1, 0.15) is 0 Å². The van der Waals surface area contributed by atoms with Crippen molar-refractivity contribution in [3.05, 3.63) is 35.9 Å². The first kappa shape index (κ1) is 18.3. The van der Waals surface area contributed by atoms with Gasteiger partial charge in [0.25, 0.3) is 0 Å². The summed E-state index contributed by atoms with van der Waals surface area (Å²) in [5.74, 6) is 1.53. The van der Waals surface area contributed by atoms with Crippen LogP contribution in [-0.2, 0) is 5.41 Å². The zero-order valence-electron chi connectivity index (χ0n) is 13.4. The van der Waals surface area contributed by atoms with Crippen molar-refractivity contribution < 1.29 is 0 Å². The van der Waals surface area contributed by atoms with E-state index in [0.717, 1.165) is 25.6 Å². The fourth-order valence-corrected chi connectivity index (χ4v) is 2.60. The Kier molecular flexibility index (Phi) is 6.97. The van der Waals surface area contributed by atoms with Crippen LogP contribution in [0.25, 0.3) is 0 Å². The lowest BCUT2D eigenvalue weighted by atomic mass is 9.85. The molecule has 21 heavy (non-hydrogen) atoms. The summed E-state index contributed by atoms with van der Waals surface area (Å²) in [4.78, 5) is 6.86. The van der Waals surface area contributed by atoms with Crippen LogP contribution < -0.4 is 5.73 Å². The summed E-state index contributed by atoms with van der Waals surface area (Å²) in [7, 11) is 0. The quantitative estimate of drug-likeness (QED) is 0.478. The normalized spacial score (nSPS) is 17.5. The molecule has 1 aromatic rings. The SMILES string of the molecule is CC1CCN(C(N)=NCC(C)(C)c2ccccc2)CC1.I. The standard InChI is InChI=1S/C17H27N3.HI/c1-14-9-11-20(12-10-14)16(18)19-13-17(2,3)15-7-5-4-6-8-15;/h4-8,14H,9-13H2,1-3H3,(H2,18,19);1H. The molecule has 1 fully saturated rings. The van der Waals surface area contributed by atoms with E-state index >= 15 is 0 Å². The van der Waals surface area contributed by atoms with E-state index in [1.165, 1.54) is 18.4 Å². The van der Waals surface area contributed by atoms with Crippen LogP contribution in [0.2, 0.25) is 0 Å². The second-order valence-corrected chi connectivity index (χ2v) is 6.59. The molecular formula is C17H28IN3. The number of hydrogen-bond donors (Lipinski definition) is 1. The molecule has 1 aliphatic heterocycles. The fraction of sp³-hybridized carbons (Fsp3) is 0.588. The van der Waals surface area contributed by atoms with Gasteiger partial charge in [-0.3, -0.25) is 4.99 Å².